The maximum Gasteiger partial charge on any atom is 0.337 e. The normalized spacial score (nSPS) is 18.1. The molecule has 0 unspecified atom stereocenters. The van der Waals surface area contributed by atoms with Gasteiger partial charge >= 0.3 is 5.69 Å². The van der Waals surface area contributed by atoms with Gasteiger partial charge in [-0.2, -0.15) is 0 Å². The third kappa shape index (κ3) is 2.82. The summed E-state index contributed by atoms with van der Waals surface area (Å²) >= 11 is 0. The predicted octanol–water partition coefficient (Wildman–Crippen LogP) is 3.59. The Bertz CT molecular complexity index is 1160. The van der Waals surface area contributed by atoms with E-state index in [1.807, 2.05) is 28.8 Å². The minimum atomic E-state index is -0.324. The highest BCUT2D eigenvalue weighted by molar-refractivity contribution is 5.73. The molecule has 2 fully saturated rings. The Balaban J connectivity index is 1.86. The lowest BCUT2D eigenvalue weighted by atomic mass is 10.2. The number of rotatable bonds is 4. The molecular weight excluding hydrogens is 368 g/mol. The summed E-state index contributed by atoms with van der Waals surface area (Å²) in [5.74, 6) is 0.586. The maximum atomic E-state index is 13.6. The smallest absolute Gasteiger partial charge is 0.337 e. The fourth-order valence-corrected chi connectivity index (χ4v) is 5.10. The van der Waals surface area contributed by atoms with E-state index in [4.69, 9.17) is 4.74 Å². The molecule has 29 heavy (non-hydrogen) atoms. The first kappa shape index (κ1) is 18.2. The number of imidazole rings is 1. The highest BCUT2D eigenvalue weighted by atomic mass is 16.5. The highest BCUT2D eigenvalue weighted by Gasteiger charge is 2.29. The second-order valence-electron chi connectivity index (χ2n) is 8.17. The molecule has 0 spiro atoms. The Hall–Kier alpha value is -2.83. The van der Waals surface area contributed by atoms with E-state index in [0.717, 1.165) is 51.4 Å². The van der Waals surface area contributed by atoms with E-state index in [1.165, 1.54) is 4.57 Å². The van der Waals surface area contributed by atoms with Crippen LogP contribution in [0.15, 0.2) is 40.2 Å². The van der Waals surface area contributed by atoms with E-state index in [1.54, 1.807) is 18.0 Å². The van der Waals surface area contributed by atoms with Crippen LogP contribution in [-0.2, 0) is 0 Å². The molecule has 0 N–H and O–H groups in total. The standard InChI is InChI=1S/C22H26N4O3/c1-29-18-13-7-6-12-17(18)26-20-19(24(14-23-20)15-8-2-3-9-15)21(27)25(22(26)28)16-10-4-5-11-16/h6-7,12-16H,2-5,8-11H2,1H3. The molecule has 2 aromatic heterocycles. The van der Waals surface area contributed by atoms with Crippen LogP contribution in [0.1, 0.15) is 63.5 Å². The number of hydrogen-bond donors (Lipinski definition) is 0. The van der Waals surface area contributed by atoms with E-state index in [-0.39, 0.29) is 23.3 Å². The van der Waals surface area contributed by atoms with Gasteiger partial charge in [0.25, 0.3) is 5.56 Å². The van der Waals surface area contributed by atoms with Crippen molar-refractivity contribution in [3.05, 3.63) is 51.4 Å². The van der Waals surface area contributed by atoms with Gasteiger partial charge in [0.05, 0.1) is 19.1 Å². The van der Waals surface area contributed by atoms with Crippen LogP contribution in [0.5, 0.6) is 5.75 Å². The van der Waals surface area contributed by atoms with Crippen LogP contribution in [0.25, 0.3) is 16.9 Å². The number of hydrogen-bond acceptors (Lipinski definition) is 4. The summed E-state index contributed by atoms with van der Waals surface area (Å²) in [6, 6.07) is 7.63. The average Bonchev–Trinajstić information content (AvgIpc) is 3.49. The Morgan fingerprint density at radius 3 is 2.31 bits per heavy atom. The first-order valence-electron chi connectivity index (χ1n) is 10.6. The van der Waals surface area contributed by atoms with Crippen LogP contribution in [0, 0.1) is 0 Å². The van der Waals surface area contributed by atoms with Crippen LogP contribution in [0.4, 0.5) is 0 Å². The summed E-state index contributed by atoms with van der Waals surface area (Å²) in [6.45, 7) is 0. The van der Waals surface area contributed by atoms with Gasteiger partial charge < -0.3 is 9.30 Å². The van der Waals surface area contributed by atoms with Gasteiger partial charge in [0.2, 0.25) is 0 Å². The van der Waals surface area contributed by atoms with E-state index >= 15 is 0 Å². The molecular formula is C22H26N4O3. The predicted molar refractivity (Wildman–Crippen MR) is 111 cm³/mol. The molecule has 7 heteroatoms. The Morgan fingerprint density at radius 1 is 0.966 bits per heavy atom. The Labute approximate surface area is 168 Å². The molecule has 7 nitrogen and oxygen atoms in total. The van der Waals surface area contributed by atoms with Crippen molar-refractivity contribution in [3.63, 3.8) is 0 Å². The minimum absolute atomic E-state index is 0.0488. The molecule has 2 heterocycles. The lowest BCUT2D eigenvalue weighted by Gasteiger charge is -2.19. The van der Waals surface area contributed by atoms with Gasteiger partial charge in [-0.15, -0.1) is 0 Å². The first-order valence-corrected chi connectivity index (χ1v) is 10.6. The zero-order chi connectivity index (χ0) is 20.0. The SMILES string of the molecule is COc1ccccc1-n1c(=O)n(C2CCCC2)c(=O)c2c1ncn2C1CCCC1. The topological polar surface area (TPSA) is 71.1 Å². The number of nitrogens with zero attached hydrogens (tertiary/aromatic N) is 4. The van der Waals surface area contributed by atoms with E-state index in [0.29, 0.717) is 22.6 Å². The molecule has 2 aliphatic rings. The summed E-state index contributed by atoms with van der Waals surface area (Å²) in [4.78, 5) is 31.7. The molecule has 0 aliphatic heterocycles. The lowest BCUT2D eigenvalue weighted by molar-refractivity contribution is 0.411. The molecule has 0 atom stereocenters. The van der Waals surface area contributed by atoms with Crippen molar-refractivity contribution in [1.82, 2.24) is 18.7 Å². The monoisotopic (exact) mass is 394 g/mol. The summed E-state index contributed by atoms with van der Waals surface area (Å²) in [5, 5.41) is 0. The van der Waals surface area contributed by atoms with Crippen molar-refractivity contribution in [1.29, 1.82) is 0 Å². The molecule has 1 aromatic carbocycles. The van der Waals surface area contributed by atoms with Crippen LogP contribution >= 0.6 is 0 Å². The second-order valence-corrected chi connectivity index (χ2v) is 8.17. The molecule has 152 valence electrons. The van der Waals surface area contributed by atoms with Gasteiger partial charge in [0, 0.05) is 12.1 Å². The Kier molecular flexibility index (Phi) is 4.53. The lowest BCUT2D eigenvalue weighted by Crippen LogP contribution is -2.42. The largest absolute Gasteiger partial charge is 0.495 e. The van der Waals surface area contributed by atoms with Crippen LogP contribution in [0.3, 0.4) is 0 Å². The summed E-state index contributed by atoms with van der Waals surface area (Å²) in [5.41, 5.74) is 1.05. The number of aromatic nitrogens is 4. The van der Waals surface area contributed by atoms with Crippen molar-refractivity contribution >= 4 is 11.2 Å². The first-order chi connectivity index (χ1) is 14.2. The van der Waals surface area contributed by atoms with Gasteiger partial charge in [0.1, 0.15) is 5.75 Å². The van der Waals surface area contributed by atoms with Gasteiger partial charge in [-0.05, 0) is 37.8 Å². The third-order valence-corrected chi connectivity index (χ3v) is 6.54. The number of benzene rings is 1. The van der Waals surface area contributed by atoms with E-state index in [9.17, 15) is 9.59 Å². The number of ether oxygens (including phenoxy) is 1. The van der Waals surface area contributed by atoms with E-state index in [2.05, 4.69) is 4.98 Å². The van der Waals surface area contributed by atoms with E-state index < -0.39 is 0 Å². The van der Waals surface area contributed by atoms with Gasteiger partial charge in [-0.3, -0.25) is 9.36 Å². The zero-order valence-electron chi connectivity index (χ0n) is 16.7. The fraction of sp³-hybridized carbons (Fsp3) is 0.500. The second kappa shape index (κ2) is 7.21. The van der Waals surface area contributed by atoms with Gasteiger partial charge in [-0.25, -0.2) is 14.3 Å². The fourth-order valence-electron chi connectivity index (χ4n) is 5.10. The molecule has 0 radical (unpaired) electrons. The van der Waals surface area contributed by atoms with Gasteiger partial charge in [0.15, 0.2) is 11.2 Å². The van der Waals surface area contributed by atoms with Crippen molar-refractivity contribution in [3.8, 4) is 11.4 Å². The van der Waals surface area contributed by atoms with Crippen LogP contribution in [0.2, 0.25) is 0 Å². The molecule has 3 aromatic rings. The molecule has 0 bridgehead atoms. The molecule has 5 rings (SSSR count). The van der Waals surface area contributed by atoms with Crippen molar-refractivity contribution in [2.24, 2.45) is 0 Å². The number of fused-ring (bicyclic) bond motifs is 1. The highest BCUT2D eigenvalue weighted by Crippen LogP contribution is 2.33. The van der Waals surface area contributed by atoms with Crippen molar-refractivity contribution in [2.45, 2.75) is 63.5 Å². The quantitative estimate of drug-likeness (QED) is 0.678. The van der Waals surface area contributed by atoms with Crippen LogP contribution < -0.4 is 16.0 Å². The minimum Gasteiger partial charge on any atom is -0.495 e. The molecule has 0 saturated heterocycles. The van der Waals surface area contributed by atoms with Crippen LogP contribution in [-0.4, -0.2) is 25.8 Å². The summed E-state index contributed by atoms with van der Waals surface area (Å²) < 4.78 is 10.6. The van der Waals surface area contributed by atoms with Crippen molar-refractivity contribution < 1.29 is 4.74 Å². The van der Waals surface area contributed by atoms with Crippen molar-refractivity contribution in [2.75, 3.05) is 7.11 Å². The Morgan fingerprint density at radius 2 is 1.62 bits per heavy atom. The maximum absolute atomic E-state index is 13.6. The summed E-state index contributed by atoms with van der Waals surface area (Å²) in [6.07, 6.45) is 9.97. The summed E-state index contributed by atoms with van der Waals surface area (Å²) in [7, 11) is 1.59. The number of methoxy groups -OCH3 is 1. The molecule has 2 saturated carbocycles. The third-order valence-electron chi connectivity index (χ3n) is 6.54. The zero-order valence-corrected chi connectivity index (χ0v) is 16.7. The van der Waals surface area contributed by atoms with Gasteiger partial charge in [-0.1, -0.05) is 37.8 Å². The average molecular weight is 394 g/mol. The molecule has 2 aliphatic carbocycles. The number of para-hydroxylation sites is 2. The molecule has 0 amide bonds.